The molecule has 0 radical (unpaired) electrons. The van der Waals surface area contributed by atoms with Gasteiger partial charge < -0.3 is 59.7 Å². The molecule has 362 valence electrons. The Labute approximate surface area is 382 Å². The van der Waals surface area contributed by atoms with Gasteiger partial charge in [-0.25, -0.2) is 4.79 Å². The first kappa shape index (κ1) is 52.3. The van der Waals surface area contributed by atoms with Gasteiger partial charge in [-0.3, -0.25) is 38.9 Å². The molecule has 1 saturated carbocycles. The number of fused-ring (bicyclic) bond motifs is 2. The lowest BCUT2D eigenvalue weighted by atomic mass is 9.84. The van der Waals surface area contributed by atoms with E-state index in [1.165, 1.54) is 9.80 Å². The Kier molecular flexibility index (Phi) is 21.4. The molecule has 65 heavy (non-hydrogen) atoms. The lowest BCUT2D eigenvalue weighted by molar-refractivity contribution is -0.163. The molecule has 2 aliphatic heterocycles. The predicted octanol–water partition coefficient (Wildman–Crippen LogP) is 0.289. The van der Waals surface area contributed by atoms with Crippen LogP contribution in [0.3, 0.4) is 0 Å². The number of benzene rings is 1. The minimum Gasteiger partial charge on any atom is -0.480 e. The number of hydrogen-bond donors (Lipinski definition) is 9. The van der Waals surface area contributed by atoms with E-state index in [4.69, 9.17) is 34.4 Å². The number of aliphatic hydroxyl groups excluding tert-OH is 1. The fourth-order valence-corrected chi connectivity index (χ4v) is 9.52. The fraction of sp³-hybridized carbons (Fsp3) is 0.689. The zero-order valence-corrected chi connectivity index (χ0v) is 37.9. The third-order valence-corrected chi connectivity index (χ3v) is 12.9. The first-order valence-electron chi connectivity index (χ1n) is 23.5. The number of nitrogens with zero attached hydrogens (tertiary/aromatic N) is 5. The number of carbonyl (C=O) groups excluding carboxylic acids is 5. The molecule has 1 aromatic rings. The van der Waals surface area contributed by atoms with Crippen LogP contribution in [-0.4, -0.2) is 135 Å². The number of aliphatic hydroxyl groups is 1. The topological polar surface area (TPSA) is 345 Å². The number of hydrogen-bond acceptors (Lipinski definition) is 11. The molecule has 2 heterocycles. The molecule has 20 heteroatoms. The van der Waals surface area contributed by atoms with Gasteiger partial charge in [0.15, 0.2) is 11.9 Å². The minimum absolute atomic E-state index is 0.00593. The summed E-state index contributed by atoms with van der Waals surface area (Å²) >= 11 is 0. The van der Waals surface area contributed by atoms with Crippen LogP contribution in [0.5, 0.6) is 0 Å². The fourth-order valence-electron chi connectivity index (χ4n) is 9.52. The normalized spacial score (nSPS) is 20.4. The third-order valence-electron chi connectivity index (χ3n) is 12.9. The second-order valence-electron chi connectivity index (χ2n) is 17.6. The Morgan fingerprint density at radius 2 is 1.40 bits per heavy atom. The van der Waals surface area contributed by atoms with E-state index < -0.39 is 72.3 Å². The summed E-state index contributed by atoms with van der Waals surface area (Å²) in [6.07, 6.45) is 10.9. The van der Waals surface area contributed by atoms with Crippen molar-refractivity contribution in [2.24, 2.45) is 50.3 Å². The number of carboxylic acid groups (broad SMARTS) is 1. The smallest absolute Gasteiger partial charge is 0.326 e. The number of aliphatic carboxylic acids is 1. The average Bonchev–Trinajstić information content (AvgIpc) is 3.69. The summed E-state index contributed by atoms with van der Waals surface area (Å²) in [5.74, 6) is -5.23. The van der Waals surface area contributed by atoms with Crippen LogP contribution in [0.2, 0.25) is 0 Å². The molecule has 0 spiro atoms. The summed E-state index contributed by atoms with van der Waals surface area (Å²) < 4.78 is 0. The molecule has 20 nitrogen and oxygen atoms in total. The van der Waals surface area contributed by atoms with Crippen molar-refractivity contribution in [3.05, 3.63) is 35.4 Å². The molecule has 15 N–H and O–H groups in total. The van der Waals surface area contributed by atoms with E-state index in [-0.39, 0.29) is 75.6 Å². The van der Waals surface area contributed by atoms with Crippen LogP contribution in [0, 0.1) is 5.92 Å². The predicted molar refractivity (Wildman–Crippen MR) is 246 cm³/mol. The molecule has 5 amide bonds. The van der Waals surface area contributed by atoms with E-state index in [1.807, 2.05) is 18.2 Å². The number of nitrogens with two attached hydrogens (primary N) is 6. The van der Waals surface area contributed by atoms with Crippen molar-refractivity contribution < 1.29 is 39.0 Å². The first-order valence-corrected chi connectivity index (χ1v) is 23.5. The summed E-state index contributed by atoms with van der Waals surface area (Å²) in [6.45, 7) is -0.168. The largest absolute Gasteiger partial charge is 0.480 e. The molecule has 1 saturated heterocycles. The van der Waals surface area contributed by atoms with Crippen LogP contribution < -0.4 is 39.7 Å². The number of carbonyl (C=O) groups is 6. The molecule has 0 bridgehead atoms. The summed E-state index contributed by atoms with van der Waals surface area (Å²) in [7, 11) is 0. The Bertz CT molecular complexity index is 1820. The van der Waals surface area contributed by atoms with Gasteiger partial charge in [0.25, 0.3) is 5.91 Å². The van der Waals surface area contributed by atoms with Gasteiger partial charge in [0.1, 0.15) is 24.2 Å². The van der Waals surface area contributed by atoms with Crippen molar-refractivity contribution >= 4 is 47.4 Å². The highest BCUT2D eigenvalue weighted by Gasteiger charge is 2.52. The monoisotopic (exact) mass is 911 g/mol. The van der Waals surface area contributed by atoms with Crippen LogP contribution in [0.1, 0.15) is 127 Å². The molecule has 3 aliphatic rings. The lowest BCUT2D eigenvalue weighted by Gasteiger charge is -2.43. The van der Waals surface area contributed by atoms with Gasteiger partial charge in [0, 0.05) is 38.5 Å². The summed E-state index contributed by atoms with van der Waals surface area (Å²) in [6, 6.07) is 0.367. The number of unbranched alkanes of at least 4 members (excludes halogenated alkanes) is 7. The number of carboxylic acids is 1. The Morgan fingerprint density at radius 1 is 0.800 bits per heavy atom. The van der Waals surface area contributed by atoms with Crippen LogP contribution in [0.25, 0.3) is 0 Å². The van der Waals surface area contributed by atoms with Gasteiger partial charge in [-0.2, -0.15) is 0 Å². The van der Waals surface area contributed by atoms with Gasteiger partial charge in [-0.1, -0.05) is 75.6 Å². The molecule has 0 aromatic heterocycles. The van der Waals surface area contributed by atoms with Crippen molar-refractivity contribution in [1.82, 2.24) is 20.0 Å². The summed E-state index contributed by atoms with van der Waals surface area (Å²) in [5, 5.41) is 24.2. The van der Waals surface area contributed by atoms with Crippen molar-refractivity contribution in [2.45, 2.75) is 165 Å². The van der Waals surface area contributed by atoms with Crippen LogP contribution in [-0.2, 0) is 41.7 Å². The number of imide groups is 1. The van der Waals surface area contributed by atoms with Crippen LogP contribution >= 0.6 is 0 Å². The van der Waals surface area contributed by atoms with Gasteiger partial charge in [-0.05, 0) is 81.4 Å². The van der Waals surface area contributed by atoms with E-state index in [0.717, 1.165) is 73.8 Å². The Hall–Kier alpha value is -5.34. The quantitative estimate of drug-likeness (QED) is 0.0343. The SMILES string of the molecule is NCCCCCCCCCCC(=O)N(C(=O)[C@H](CCCN=C(N)N)NC(=O)[C@H](N)CCCN=C(N)N)[C@@H](CO)C(=O)N1Cc2ccccc2C[C@@H]1C(=O)N1[C@H](C(=O)O)C[C@@H]2CCCC[C@@H]21. The maximum absolute atomic E-state index is 15.2. The minimum atomic E-state index is -1.81. The zero-order valence-electron chi connectivity index (χ0n) is 37.9. The van der Waals surface area contributed by atoms with Gasteiger partial charge >= 0.3 is 5.97 Å². The highest BCUT2D eigenvalue weighted by molar-refractivity contribution is 6.04. The standard InChI is InChI=1S/C45H74N12O8/c46-22-12-6-4-2-1-3-5-7-21-38(59)57(40(61)33(19-14-24-53-45(50)51)54-39(60)32(47)18-13-23-52-44(48)49)37(28-58)41(62)55-27-31-17-9-8-15-29(31)25-35(55)42(63)56-34-20-11-10-16-30(34)26-36(56)43(64)65/h8-9,15,17,30,32-37,58H,1-7,10-14,16,18-28,46-47H2,(H,54,60)(H,64,65)(H4,48,49,52)(H4,50,51,53)/t30-,32+,33-,34-,35+,36-,37-/m0/s1. The molecular weight excluding hydrogens is 837 g/mol. The number of aliphatic imine (C=N–C) groups is 2. The number of likely N-dealkylation sites (tertiary alicyclic amines) is 1. The number of guanidine groups is 2. The molecule has 7 atom stereocenters. The van der Waals surface area contributed by atoms with E-state index >= 15 is 4.79 Å². The van der Waals surface area contributed by atoms with Crippen molar-refractivity contribution in [2.75, 3.05) is 26.2 Å². The van der Waals surface area contributed by atoms with Gasteiger partial charge in [0.05, 0.1) is 12.6 Å². The molecule has 1 aromatic carbocycles. The number of amides is 5. The van der Waals surface area contributed by atoms with Gasteiger partial charge in [0.2, 0.25) is 23.6 Å². The van der Waals surface area contributed by atoms with Crippen LogP contribution in [0.15, 0.2) is 34.3 Å². The summed E-state index contributed by atoms with van der Waals surface area (Å²) in [5.41, 5.74) is 35.3. The van der Waals surface area contributed by atoms with Gasteiger partial charge in [-0.15, -0.1) is 0 Å². The summed E-state index contributed by atoms with van der Waals surface area (Å²) in [4.78, 5) is 97.1. The molecule has 4 rings (SSSR count). The highest BCUT2D eigenvalue weighted by atomic mass is 16.4. The van der Waals surface area contributed by atoms with Crippen molar-refractivity contribution in [3.8, 4) is 0 Å². The Balaban J connectivity index is 1.69. The highest BCUT2D eigenvalue weighted by Crippen LogP contribution is 2.41. The van der Waals surface area contributed by atoms with Crippen molar-refractivity contribution in [3.63, 3.8) is 0 Å². The maximum Gasteiger partial charge on any atom is 0.326 e. The Morgan fingerprint density at radius 3 is 2.02 bits per heavy atom. The number of nitrogens with one attached hydrogen (secondary N) is 1. The second-order valence-corrected chi connectivity index (χ2v) is 17.6. The molecule has 2 fully saturated rings. The van der Waals surface area contributed by atoms with Crippen molar-refractivity contribution in [1.29, 1.82) is 0 Å². The molecule has 0 unspecified atom stereocenters. The third kappa shape index (κ3) is 15.1. The number of rotatable bonds is 26. The first-order chi connectivity index (χ1) is 31.2. The lowest BCUT2D eigenvalue weighted by Crippen LogP contribution is -2.64. The zero-order chi connectivity index (χ0) is 47.5. The molecule has 1 aliphatic carbocycles. The second kappa shape index (κ2) is 26.6. The molecular formula is C45H74N12O8. The van der Waals surface area contributed by atoms with Crippen LogP contribution in [0.4, 0.5) is 0 Å². The average molecular weight is 911 g/mol. The van der Waals surface area contributed by atoms with E-state index in [2.05, 4.69) is 15.3 Å². The maximum atomic E-state index is 15.2. The van der Waals surface area contributed by atoms with E-state index in [0.29, 0.717) is 38.6 Å². The van der Waals surface area contributed by atoms with E-state index in [9.17, 15) is 34.2 Å². The van der Waals surface area contributed by atoms with E-state index in [1.54, 1.807) is 6.07 Å².